The number of imidazole rings is 1. The molecule has 3 rings (SSSR count). The molecule has 2 saturated heterocycles. The molecule has 2 aliphatic heterocycles. The number of fused-ring (bicyclic) bond motifs is 1. The fourth-order valence-corrected chi connectivity index (χ4v) is 2.97. The largest absolute Gasteiger partial charge is 0.338 e. The van der Waals surface area contributed by atoms with Crippen molar-refractivity contribution in [3.63, 3.8) is 0 Å². The van der Waals surface area contributed by atoms with E-state index in [0.717, 1.165) is 45.0 Å². The molecule has 1 aromatic heterocycles. The quantitative estimate of drug-likeness (QED) is 0.762. The van der Waals surface area contributed by atoms with E-state index in [1.54, 1.807) is 6.20 Å². The molecule has 104 valence electrons. The molecule has 6 nitrogen and oxygen atoms in total. The lowest BCUT2D eigenvalue weighted by atomic mass is 10.1. The topological polar surface area (TPSA) is 55.5 Å². The molecule has 6 heteroatoms. The van der Waals surface area contributed by atoms with Gasteiger partial charge in [-0.1, -0.05) is 0 Å². The molecule has 19 heavy (non-hydrogen) atoms. The van der Waals surface area contributed by atoms with E-state index < -0.39 is 0 Å². The van der Waals surface area contributed by atoms with Crippen molar-refractivity contribution in [1.82, 2.24) is 24.7 Å². The molecule has 1 aromatic rings. The number of carbonyl (C=O) groups is 1. The zero-order valence-corrected chi connectivity index (χ0v) is 11.6. The van der Waals surface area contributed by atoms with Gasteiger partial charge < -0.3 is 14.8 Å². The molecule has 3 heterocycles. The summed E-state index contributed by atoms with van der Waals surface area (Å²) in [7, 11) is 2.15. The highest BCUT2D eigenvalue weighted by atomic mass is 16.2. The minimum atomic E-state index is 0.0287. The van der Waals surface area contributed by atoms with Gasteiger partial charge >= 0.3 is 0 Å². The number of aromatic nitrogens is 2. The van der Waals surface area contributed by atoms with Crippen LogP contribution in [-0.4, -0.2) is 82.9 Å². The molecule has 1 unspecified atom stereocenters. The molecule has 1 amide bonds. The van der Waals surface area contributed by atoms with Crippen LogP contribution < -0.4 is 0 Å². The Balaban J connectivity index is 1.68. The third-order valence-electron chi connectivity index (χ3n) is 4.09. The van der Waals surface area contributed by atoms with Gasteiger partial charge in [-0.25, -0.2) is 4.98 Å². The number of carbonyl (C=O) groups excluding carboxylic acids is 1. The fraction of sp³-hybridized carbons (Fsp3) is 0.692. The van der Waals surface area contributed by atoms with Crippen molar-refractivity contribution in [3.8, 4) is 0 Å². The predicted molar refractivity (Wildman–Crippen MR) is 72.1 cm³/mol. The number of piperazine rings is 2. The van der Waals surface area contributed by atoms with Gasteiger partial charge in [-0.2, -0.15) is 0 Å². The molecule has 2 aliphatic rings. The van der Waals surface area contributed by atoms with E-state index in [-0.39, 0.29) is 5.91 Å². The maximum atomic E-state index is 12.4. The number of nitrogens with one attached hydrogen (secondary N) is 1. The highest BCUT2D eigenvalue weighted by Gasteiger charge is 2.33. The minimum Gasteiger partial charge on any atom is -0.338 e. The van der Waals surface area contributed by atoms with Crippen LogP contribution in [0, 0.1) is 6.92 Å². The summed E-state index contributed by atoms with van der Waals surface area (Å²) >= 11 is 0. The van der Waals surface area contributed by atoms with E-state index in [4.69, 9.17) is 0 Å². The Morgan fingerprint density at radius 3 is 2.84 bits per heavy atom. The summed E-state index contributed by atoms with van der Waals surface area (Å²) in [5.41, 5.74) is 0.930. The minimum absolute atomic E-state index is 0.0287. The molecule has 0 aromatic carbocycles. The Bertz CT molecular complexity index is 471. The normalized spacial score (nSPS) is 25.4. The zero-order chi connectivity index (χ0) is 13.4. The van der Waals surface area contributed by atoms with Gasteiger partial charge in [0, 0.05) is 57.2 Å². The summed E-state index contributed by atoms with van der Waals surface area (Å²) in [6.45, 7) is 7.79. The first-order valence-electron chi connectivity index (χ1n) is 6.87. The highest BCUT2D eigenvalue weighted by molar-refractivity contribution is 5.90. The van der Waals surface area contributed by atoms with E-state index >= 15 is 0 Å². The van der Waals surface area contributed by atoms with Gasteiger partial charge in [-0.05, 0) is 14.0 Å². The number of rotatable bonds is 1. The van der Waals surface area contributed by atoms with Crippen LogP contribution >= 0.6 is 0 Å². The van der Waals surface area contributed by atoms with Gasteiger partial charge in [0.05, 0.1) is 0 Å². The van der Waals surface area contributed by atoms with Crippen LogP contribution in [0.5, 0.6) is 0 Å². The standard InChI is InChI=1S/C13H21N5O/c1-10-7-14-12(15-10)13(19)18-6-5-17-4-3-16(2)8-11(17)9-18/h7,11H,3-6,8-9H2,1-2H3,(H,14,15). The molecule has 0 spiro atoms. The summed E-state index contributed by atoms with van der Waals surface area (Å²) in [5.74, 6) is 0.496. The summed E-state index contributed by atoms with van der Waals surface area (Å²) in [4.78, 5) is 26.3. The van der Waals surface area contributed by atoms with Crippen LogP contribution in [0.25, 0.3) is 0 Å². The summed E-state index contributed by atoms with van der Waals surface area (Å²) in [6, 6.07) is 0.465. The first-order chi connectivity index (χ1) is 9.13. The Kier molecular flexibility index (Phi) is 3.28. The molecule has 0 bridgehead atoms. The molecule has 1 N–H and O–H groups in total. The number of aryl methyl sites for hydroxylation is 1. The van der Waals surface area contributed by atoms with Gasteiger partial charge in [-0.3, -0.25) is 9.69 Å². The molecular formula is C13H21N5O. The number of H-pyrrole nitrogens is 1. The molecule has 2 fully saturated rings. The van der Waals surface area contributed by atoms with Crippen molar-refractivity contribution in [2.75, 3.05) is 46.3 Å². The van der Waals surface area contributed by atoms with Crippen LogP contribution in [-0.2, 0) is 0 Å². The summed E-state index contributed by atoms with van der Waals surface area (Å²) in [6.07, 6.45) is 1.71. The van der Waals surface area contributed by atoms with Crippen LogP contribution in [0.1, 0.15) is 16.3 Å². The third kappa shape index (κ3) is 2.50. The first-order valence-corrected chi connectivity index (χ1v) is 6.87. The Hall–Kier alpha value is -1.40. The lowest BCUT2D eigenvalue weighted by Crippen LogP contribution is -2.62. The molecule has 0 radical (unpaired) electrons. The van der Waals surface area contributed by atoms with Gasteiger partial charge in [0.1, 0.15) is 0 Å². The van der Waals surface area contributed by atoms with Crippen molar-refractivity contribution in [2.24, 2.45) is 0 Å². The summed E-state index contributed by atoms with van der Waals surface area (Å²) < 4.78 is 0. The highest BCUT2D eigenvalue weighted by Crippen LogP contribution is 2.16. The van der Waals surface area contributed by atoms with Crippen LogP contribution in [0.4, 0.5) is 0 Å². The number of nitrogens with zero attached hydrogens (tertiary/aromatic N) is 4. The van der Waals surface area contributed by atoms with Crippen molar-refractivity contribution >= 4 is 5.91 Å². The Morgan fingerprint density at radius 2 is 2.11 bits per heavy atom. The average molecular weight is 263 g/mol. The third-order valence-corrected chi connectivity index (χ3v) is 4.09. The average Bonchev–Trinajstić information content (AvgIpc) is 2.83. The van der Waals surface area contributed by atoms with E-state index in [0.29, 0.717) is 11.9 Å². The van der Waals surface area contributed by atoms with E-state index in [1.807, 2.05) is 11.8 Å². The van der Waals surface area contributed by atoms with Crippen LogP contribution in [0.3, 0.4) is 0 Å². The van der Waals surface area contributed by atoms with E-state index in [9.17, 15) is 4.79 Å². The van der Waals surface area contributed by atoms with Gasteiger partial charge in [0.25, 0.3) is 5.91 Å². The van der Waals surface area contributed by atoms with E-state index in [1.165, 1.54) is 0 Å². The predicted octanol–water partition coefficient (Wildman–Crippen LogP) is -0.210. The molecular weight excluding hydrogens is 242 g/mol. The molecule has 0 aliphatic carbocycles. The monoisotopic (exact) mass is 263 g/mol. The van der Waals surface area contributed by atoms with Crippen LogP contribution in [0.2, 0.25) is 0 Å². The zero-order valence-electron chi connectivity index (χ0n) is 11.6. The second-order valence-corrected chi connectivity index (χ2v) is 5.62. The Labute approximate surface area is 113 Å². The van der Waals surface area contributed by atoms with Gasteiger partial charge in [0.15, 0.2) is 5.82 Å². The first kappa shape index (κ1) is 12.6. The summed E-state index contributed by atoms with van der Waals surface area (Å²) in [5, 5.41) is 0. The van der Waals surface area contributed by atoms with E-state index in [2.05, 4.69) is 26.8 Å². The lowest BCUT2D eigenvalue weighted by Gasteiger charge is -2.46. The van der Waals surface area contributed by atoms with Crippen molar-refractivity contribution < 1.29 is 4.79 Å². The second kappa shape index (κ2) is 4.94. The molecule has 0 saturated carbocycles. The number of amides is 1. The van der Waals surface area contributed by atoms with Crippen molar-refractivity contribution in [2.45, 2.75) is 13.0 Å². The Morgan fingerprint density at radius 1 is 1.32 bits per heavy atom. The lowest BCUT2D eigenvalue weighted by molar-refractivity contribution is 0.0184. The fourth-order valence-electron chi connectivity index (χ4n) is 2.97. The maximum Gasteiger partial charge on any atom is 0.289 e. The number of hydrogen-bond acceptors (Lipinski definition) is 4. The SMILES string of the molecule is Cc1cnc(C(=O)N2CCN3CCN(C)CC3C2)[nH]1. The number of hydrogen-bond donors (Lipinski definition) is 1. The van der Waals surface area contributed by atoms with Crippen LogP contribution in [0.15, 0.2) is 6.20 Å². The van der Waals surface area contributed by atoms with Crippen molar-refractivity contribution in [1.29, 1.82) is 0 Å². The molecule has 1 atom stereocenters. The second-order valence-electron chi connectivity index (χ2n) is 5.62. The number of aromatic amines is 1. The number of likely N-dealkylation sites (N-methyl/N-ethyl adjacent to an activating group) is 1. The maximum absolute atomic E-state index is 12.4. The smallest absolute Gasteiger partial charge is 0.289 e. The van der Waals surface area contributed by atoms with Gasteiger partial charge in [-0.15, -0.1) is 0 Å². The van der Waals surface area contributed by atoms with Crippen molar-refractivity contribution in [3.05, 3.63) is 17.7 Å². The van der Waals surface area contributed by atoms with Gasteiger partial charge in [0.2, 0.25) is 0 Å².